The standard InChI is InChI=1S/C57H75N15O3/c1-4-7-10-13-28-58-34-55(73)61-49-22-16-46(17-23-49)52-40-70(67-64-52)37-43-31-44(38-71-41-53(65-68-71)47-18-24-50(25-19-47)62-56(74)35-59-29-14-11-8-5-2)33-45(32-43)39-72-42-54(66-69-72)48-20-26-51(27-21-48)63-57(75)36-60-30-15-12-9-6-3/h16-27,31-33,40-42,58-60H,4-15,28-30,34-39H2,1-3H3,(H,61,73)(H,62,74)(H,63,75). The van der Waals surface area contributed by atoms with Crippen LogP contribution in [0.4, 0.5) is 17.1 Å². The van der Waals surface area contributed by atoms with Crippen LogP contribution in [0.2, 0.25) is 0 Å². The van der Waals surface area contributed by atoms with E-state index >= 15 is 0 Å². The van der Waals surface area contributed by atoms with Gasteiger partial charge in [0.2, 0.25) is 17.7 Å². The smallest absolute Gasteiger partial charge is 0.238 e. The van der Waals surface area contributed by atoms with Gasteiger partial charge in [-0.05, 0) is 92.0 Å². The van der Waals surface area contributed by atoms with Crippen molar-refractivity contribution in [1.29, 1.82) is 0 Å². The minimum Gasteiger partial charge on any atom is -0.325 e. The molecule has 18 heteroatoms. The SMILES string of the molecule is CCCCCCNCC(=O)Nc1ccc(-c2cn(Cc3cc(Cn4cc(-c5ccc(NC(=O)CNCCCCCC)cc5)nn4)cc(Cn4cc(-c5ccc(NC(=O)CNCCCCCC)cc5)nn4)c3)nn2)cc1. The molecule has 3 aromatic heterocycles. The zero-order valence-corrected chi connectivity index (χ0v) is 44.0. The summed E-state index contributed by atoms with van der Waals surface area (Å²) in [5.41, 5.74) is 9.96. The third kappa shape index (κ3) is 18.8. The Labute approximate surface area is 441 Å². The fourth-order valence-electron chi connectivity index (χ4n) is 8.62. The topological polar surface area (TPSA) is 216 Å². The van der Waals surface area contributed by atoms with Crippen molar-refractivity contribution in [1.82, 2.24) is 60.9 Å². The molecule has 0 saturated heterocycles. The van der Waals surface area contributed by atoms with Crippen LogP contribution in [0.25, 0.3) is 33.8 Å². The Balaban J connectivity index is 1.00. The molecule has 75 heavy (non-hydrogen) atoms. The monoisotopic (exact) mass is 1020 g/mol. The van der Waals surface area contributed by atoms with Crippen molar-refractivity contribution in [2.75, 3.05) is 55.2 Å². The molecule has 6 N–H and O–H groups in total. The molecule has 0 bridgehead atoms. The number of amides is 3. The van der Waals surface area contributed by atoms with Crippen LogP contribution >= 0.6 is 0 Å². The lowest BCUT2D eigenvalue weighted by molar-refractivity contribution is -0.116. The Morgan fingerprint density at radius 2 is 0.667 bits per heavy atom. The first kappa shape index (κ1) is 55.3. The van der Waals surface area contributed by atoms with Gasteiger partial charge in [0, 0.05) is 33.8 Å². The average Bonchev–Trinajstić information content (AvgIpc) is 4.20. The van der Waals surface area contributed by atoms with E-state index in [4.69, 9.17) is 0 Å². The molecule has 0 atom stereocenters. The summed E-state index contributed by atoms with van der Waals surface area (Å²) in [6.07, 6.45) is 19.6. The maximum atomic E-state index is 12.5. The predicted octanol–water partition coefficient (Wildman–Crippen LogP) is 8.93. The van der Waals surface area contributed by atoms with Gasteiger partial charge in [-0.25, -0.2) is 14.0 Å². The number of nitrogens with one attached hydrogen (secondary N) is 6. The molecule has 0 radical (unpaired) electrons. The second kappa shape index (κ2) is 30.1. The second-order valence-electron chi connectivity index (χ2n) is 19.2. The molecule has 0 unspecified atom stereocenters. The summed E-state index contributed by atoms with van der Waals surface area (Å²) in [6, 6.07) is 29.3. The number of benzene rings is 4. The molecule has 0 saturated carbocycles. The Bertz CT molecular complexity index is 2500. The van der Waals surface area contributed by atoms with Crippen molar-refractivity contribution in [2.24, 2.45) is 0 Å². The molecule has 7 rings (SSSR count). The van der Waals surface area contributed by atoms with Crippen LogP contribution in [0.5, 0.6) is 0 Å². The number of hydrogen-bond acceptors (Lipinski definition) is 12. The van der Waals surface area contributed by atoms with E-state index < -0.39 is 0 Å². The van der Waals surface area contributed by atoms with Gasteiger partial charge in [0.1, 0.15) is 17.1 Å². The average molecular weight is 1020 g/mol. The fraction of sp³-hybridized carbons (Fsp3) is 0.421. The predicted molar refractivity (Wildman–Crippen MR) is 297 cm³/mol. The molecular weight excluding hydrogens is 943 g/mol. The van der Waals surface area contributed by atoms with Crippen molar-refractivity contribution in [3.63, 3.8) is 0 Å². The van der Waals surface area contributed by atoms with Gasteiger partial charge in [-0.1, -0.05) is 149 Å². The summed E-state index contributed by atoms with van der Waals surface area (Å²) < 4.78 is 5.45. The molecule has 0 aliphatic carbocycles. The highest BCUT2D eigenvalue weighted by Crippen LogP contribution is 2.24. The van der Waals surface area contributed by atoms with Crippen molar-refractivity contribution < 1.29 is 14.4 Å². The van der Waals surface area contributed by atoms with E-state index in [1.165, 1.54) is 57.8 Å². The summed E-state index contributed by atoms with van der Waals surface area (Å²) in [4.78, 5) is 37.6. The van der Waals surface area contributed by atoms with Crippen LogP contribution in [0.3, 0.4) is 0 Å². The van der Waals surface area contributed by atoms with E-state index in [1.54, 1.807) is 0 Å². The van der Waals surface area contributed by atoms with Crippen LogP contribution in [0.1, 0.15) is 115 Å². The first-order chi connectivity index (χ1) is 36.7. The minimum atomic E-state index is -0.0751. The van der Waals surface area contributed by atoms with Gasteiger partial charge in [0.25, 0.3) is 0 Å². The molecule has 0 spiro atoms. The maximum absolute atomic E-state index is 12.5. The number of hydrogen-bond donors (Lipinski definition) is 6. The molecule has 7 aromatic rings. The largest absolute Gasteiger partial charge is 0.325 e. The van der Waals surface area contributed by atoms with Crippen molar-refractivity contribution in [3.8, 4) is 33.8 Å². The van der Waals surface area contributed by atoms with Gasteiger partial charge in [0.05, 0.1) is 57.9 Å². The second-order valence-corrected chi connectivity index (χ2v) is 19.2. The van der Waals surface area contributed by atoms with Crippen LogP contribution in [-0.4, -0.2) is 102 Å². The van der Waals surface area contributed by atoms with Gasteiger partial charge < -0.3 is 31.9 Å². The van der Waals surface area contributed by atoms with E-state index in [1.807, 2.05) is 105 Å². The van der Waals surface area contributed by atoms with Crippen molar-refractivity contribution in [3.05, 3.63) is 126 Å². The highest BCUT2D eigenvalue weighted by atomic mass is 16.2. The van der Waals surface area contributed by atoms with E-state index in [-0.39, 0.29) is 37.4 Å². The van der Waals surface area contributed by atoms with Gasteiger partial charge in [-0.3, -0.25) is 14.4 Å². The van der Waals surface area contributed by atoms with Crippen LogP contribution in [-0.2, 0) is 34.0 Å². The maximum Gasteiger partial charge on any atom is 0.238 e. The Hall–Kier alpha value is -7.41. The number of rotatable bonds is 33. The third-order valence-electron chi connectivity index (χ3n) is 12.6. The van der Waals surface area contributed by atoms with Gasteiger partial charge in [0.15, 0.2) is 0 Å². The number of aromatic nitrogens is 9. The molecule has 18 nitrogen and oxygen atoms in total. The van der Waals surface area contributed by atoms with E-state index in [0.29, 0.717) is 36.7 Å². The summed E-state index contributed by atoms with van der Waals surface area (Å²) in [7, 11) is 0. The minimum absolute atomic E-state index is 0.0751. The molecule has 0 aliphatic rings. The fourth-order valence-corrected chi connectivity index (χ4v) is 8.62. The van der Waals surface area contributed by atoms with E-state index in [2.05, 4.69) is 102 Å². The number of anilines is 3. The van der Waals surface area contributed by atoms with Crippen LogP contribution < -0.4 is 31.9 Å². The molecule has 396 valence electrons. The zero-order chi connectivity index (χ0) is 52.5. The molecule has 0 fully saturated rings. The lowest BCUT2D eigenvalue weighted by atomic mass is 10.0. The van der Waals surface area contributed by atoms with E-state index in [9.17, 15) is 14.4 Å². The molecule has 3 amide bonds. The Morgan fingerprint density at radius 3 is 0.933 bits per heavy atom. The summed E-state index contributed by atoms with van der Waals surface area (Å²) in [5, 5.41) is 45.6. The molecular formula is C57H75N15O3. The lowest BCUT2D eigenvalue weighted by Crippen LogP contribution is -2.28. The quantitative estimate of drug-likeness (QED) is 0.0213. The van der Waals surface area contributed by atoms with Gasteiger partial charge >= 0.3 is 0 Å². The van der Waals surface area contributed by atoms with Crippen molar-refractivity contribution >= 4 is 34.8 Å². The number of carbonyl (C=O) groups is 3. The van der Waals surface area contributed by atoms with Gasteiger partial charge in [-0.2, -0.15) is 0 Å². The molecule has 0 aliphatic heterocycles. The lowest BCUT2D eigenvalue weighted by Gasteiger charge is -2.10. The summed E-state index contributed by atoms with van der Waals surface area (Å²) in [6.45, 7) is 11.2. The summed E-state index contributed by atoms with van der Waals surface area (Å²) in [5.74, 6) is -0.225. The highest BCUT2D eigenvalue weighted by molar-refractivity contribution is 5.93. The Morgan fingerprint density at radius 1 is 0.387 bits per heavy atom. The number of unbranched alkanes of at least 4 members (excludes halogenated alkanes) is 9. The van der Waals surface area contributed by atoms with E-state index in [0.717, 1.165) is 89.3 Å². The first-order valence-electron chi connectivity index (χ1n) is 26.9. The highest BCUT2D eigenvalue weighted by Gasteiger charge is 2.13. The normalized spacial score (nSPS) is 11.2. The van der Waals surface area contributed by atoms with Gasteiger partial charge in [-0.15, -0.1) is 15.3 Å². The van der Waals surface area contributed by atoms with Crippen molar-refractivity contribution in [2.45, 2.75) is 117 Å². The zero-order valence-electron chi connectivity index (χ0n) is 44.0. The Kier molecular flexibility index (Phi) is 22.2. The summed E-state index contributed by atoms with van der Waals surface area (Å²) >= 11 is 0. The molecule has 3 heterocycles. The first-order valence-corrected chi connectivity index (χ1v) is 26.9. The number of nitrogens with zero attached hydrogens (tertiary/aromatic N) is 9. The molecule has 4 aromatic carbocycles. The number of carbonyl (C=O) groups excluding carboxylic acids is 3. The third-order valence-corrected chi connectivity index (χ3v) is 12.6. The van der Waals surface area contributed by atoms with Crippen LogP contribution in [0.15, 0.2) is 110 Å². The van der Waals surface area contributed by atoms with Crippen LogP contribution in [0, 0.1) is 0 Å².